The number of nitrogens with zero attached hydrogens (tertiary/aromatic N) is 1. The summed E-state index contributed by atoms with van der Waals surface area (Å²) in [6.45, 7) is 0. The first kappa shape index (κ1) is 11.6. The molecule has 0 aliphatic carbocycles. The van der Waals surface area contributed by atoms with E-state index in [1.165, 1.54) is 12.1 Å². The van der Waals surface area contributed by atoms with E-state index >= 15 is 0 Å². The highest BCUT2D eigenvalue weighted by atomic mass is 79.9. The van der Waals surface area contributed by atoms with Gasteiger partial charge in [0.25, 0.3) is 0 Å². The standard InChI is InChI=1S/C13H8BrFN2/c14-12-7-9(8-16)1-6-13(12)17-11-4-2-10(15)3-5-11/h1-7,17H. The summed E-state index contributed by atoms with van der Waals surface area (Å²) in [6, 6.07) is 13.4. The molecule has 0 heterocycles. The normalized spacial score (nSPS) is 9.71. The minimum atomic E-state index is -0.269. The maximum Gasteiger partial charge on any atom is 0.123 e. The van der Waals surface area contributed by atoms with Gasteiger partial charge in [0, 0.05) is 10.2 Å². The van der Waals surface area contributed by atoms with Gasteiger partial charge < -0.3 is 5.32 Å². The van der Waals surface area contributed by atoms with Gasteiger partial charge in [-0.15, -0.1) is 0 Å². The van der Waals surface area contributed by atoms with E-state index < -0.39 is 0 Å². The van der Waals surface area contributed by atoms with Crippen molar-refractivity contribution < 1.29 is 4.39 Å². The molecule has 0 aliphatic heterocycles. The molecule has 4 heteroatoms. The van der Waals surface area contributed by atoms with Crippen LogP contribution in [-0.2, 0) is 0 Å². The van der Waals surface area contributed by atoms with Crippen molar-refractivity contribution in [3.05, 3.63) is 58.3 Å². The molecule has 2 nitrogen and oxygen atoms in total. The van der Waals surface area contributed by atoms with Gasteiger partial charge in [0.1, 0.15) is 5.82 Å². The van der Waals surface area contributed by atoms with Crippen LogP contribution in [0.25, 0.3) is 0 Å². The number of nitriles is 1. The molecule has 0 saturated carbocycles. The lowest BCUT2D eigenvalue weighted by atomic mass is 10.2. The van der Waals surface area contributed by atoms with Gasteiger partial charge >= 0.3 is 0 Å². The summed E-state index contributed by atoms with van der Waals surface area (Å²) in [4.78, 5) is 0. The van der Waals surface area contributed by atoms with Gasteiger partial charge in [0.15, 0.2) is 0 Å². The lowest BCUT2D eigenvalue weighted by molar-refractivity contribution is 0.628. The fraction of sp³-hybridized carbons (Fsp3) is 0. The average molecular weight is 291 g/mol. The molecule has 0 fully saturated rings. The molecule has 2 aromatic rings. The molecule has 0 atom stereocenters. The fourth-order valence-corrected chi connectivity index (χ4v) is 1.85. The molecule has 0 unspecified atom stereocenters. The summed E-state index contributed by atoms with van der Waals surface area (Å²) in [5, 5.41) is 11.9. The smallest absolute Gasteiger partial charge is 0.123 e. The van der Waals surface area contributed by atoms with Gasteiger partial charge in [-0.2, -0.15) is 5.26 Å². The van der Waals surface area contributed by atoms with Crippen LogP contribution in [0, 0.1) is 17.1 Å². The van der Waals surface area contributed by atoms with Gasteiger partial charge in [-0.05, 0) is 58.4 Å². The summed E-state index contributed by atoms with van der Waals surface area (Å²) in [7, 11) is 0. The van der Waals surface area contributed by atoms with Crippen molar-refractivity contribution in [1.29, 1.82) is 5.26 Å². The van der Waals surface area contributed by atoms with E-state index in [1.807, 2.05) is 0 Å². The minimum Gasteiger partial charge on any atom is -0.355 e. The Morgan fingerprint density at radius 2 is 1.82 bits per heavy atom. The monoisotopic (exact) mass is 290 g/mol. The van der Waals surface area contributed by atoms with Gasteiger partial charge in [-0.1, -0.05) is 0 Å². The van der Waals surface area contributed by atoms with E-state index in [1.54, 1.807) is 30.3 Å². The van der Waals surface area contributed by atoms with Crippen LogP contribution in [-0.4, -0.2) is 0 Å². The number of rotatable bonds is 2. The average Bonchev–Trinajstić information content (AvgIpc) is 2.34. The second-order valence-electron chi connectivity index (χ2n) is 3.44. The van der Waals surface area contributed by atoms with Crippen LogP contribution in [0.1, 0.15) is 5.56 Å². The van der Waals surface area contributed by atoms with E-state index in [-0.39, 0.29) is 5.82 Å². The first-order valence-corrected chi connectivity index (χ1v) is 5.70. The van der Waals surface area contributed by atoms with Crippen molar-refractivity contribution in [2.75, 3.05) is 5.32 Å². The van der Waals surface area contributed by atoms with E-state index in [2.05, 4.69) is 27.3 Å². The van der Waals surface area contributed by atoms with E-state index in [4.69, 9.17) is 5.26 Å². The van der Waals surface area contributed by atoms with Gasteiger partial charge in [-0.3, -0.25) is 0 Å². The van der Waals surface area contributed by atoms with Crippen molar-refractivity contribution in [2.45, 2.75) is 0 Å². The van der Waals surface area contributed by atoms with Gasteiger partial charge in [0.05, 0.1) is 17.3 Å². The van der Waals surface area contributed by atoms with E-state index in [9.17, 15) is 4.39 Å². The molecule has 2 rings (SSSR count). The van der Waals surface area contributed by atoms with Gasteiger partial charge in [0.2, 0.25) is 0 Å². The topological polar surface area (TPSA) is 35.8 Å². The molecule has 84 valence electrons. The molecular weight excluding hydrogens is 283 g/mol. The Bertz CT molecular complexity index is 573. The zero-order valence-electron chi connectivity index (χ0n) is 8.74. The first-order chi connectivity index (χ1) is 8.19. The summed E-state index contributed by atoms with van der Waals surface area (Å²) in [5.74, 6) is -0.269. The number of hydrogen-bond donors (Lipinski definition) is 1. The SMILES string of the molecule is N#Cc1ccc(Nc2ccc(F)cc2)c(Br)c1. The zero-order chi connectivity index (χ0) is 12.3. The Hall–Kier alpha value is -1.86. The second-order valence-corrected chi connectivity index (χ2v) is 4.29. The van der Waals surface area contributed by atoms with Crippen molar-refractivity contribution in [3.8, 4) is 6.07 Å². The Balaban J connectivity index is 2.25. The molecule has 0 aliphatic rings. The number of hydrogen-bond acceptors (Lipinski definition) is 2. The molecule has 0 aromatic heterocycles. The molecular formula is C13H8BrFN2. The molecule has 0 saturated heterocycles. The maximum absolute atomic E-state index is 12.7. The molecule has 0 amide bonds. The largest absolute Gasteiger partial charge is 0.355 e. The molecule has 1 N–H and O–H groups in total. The Kier molecular flexibility index (Phi) is 3.40. The summed E-state index contributed by atoms with van der Waals surface area (Å²) < 4.78 is 13.5. The molecule has 0 spiro atoms. The fourth-order valence-electron chi connectivity index (χ4n) is 1.37. The Morgan fingerprint density at radius 1 is 1.12 bits per heavy atom. The number of halogens is 2. The van der Waals surface area contributed by atoms with Crippen molar-refractivity contribution >= 4 is 27.3 Å². The highest BCUT2D eigenvalue weighted by Crippen LogP contribution is 2.26. The predicted molar refractivity (Wildman–Crippen MR) is 68.5 cm³/mol. The third-order valence-electron chi connectivity index (χ3n) is 2.22. The highest BCUT2D eigenvalue weighted by Gasteiger charge is 2.02. The summed E-state index contributed by atoms with van der Waals surface area (Å²) in [6.07, 6.45) is 0. The third-order valence-corrected chi connectivity index (χ3v) is 2.88. The summed E-state index contributed by atoms with van der Waals surface area (Å²) in [5.41, 5.74) is 2.20. The third kappa shape index (κ3) is 2.83. The van der Waals surface area contributed by atoms with Crippen LogP contribution < -0.4 is 5.32 Å². The first-order valence-electron chi connectivity index (χ1n) is 4.91. The van der Waals surface area contributed by atoms with Crippen molar-refractivity contribution in [3.63, 3.8) is 0 Å². The van der Waals surface area contributed by atoms with Crippen LogP contribution in [0.3, 0.4) is 0 Å². The zero-order valence-corrected chi connectivity index (χ0v) is 10.3. The molecule has 2 aromatic carbocycles. The lowest BCUT2D eigenvalue weighted by Gasteiger charge is -2.08. The minimum absolute atomic E-state index is 0.269. The van der Waals surface area contributed by atoms with Crippen LogP contribution in [0.4, 0.5) is 15.8 Å². The number of nitrogens with one attached hydrogen (secondary N) is 1. The van der Waals surface area contributed by atoms with Crippen LogP contribution in [0.15, 0.2) is 46.9 Å². The number of benzene rings is 2. The summed E-state index contributed by atoms with van der Waals surface area (Å²) >= 11 is 3.37. The predicted octanol–water partition coefficient (Wildman–Crippen LogP) is 4.20. The maximum atomic E-state index is 12.7. The van der Waals surface area contributed by atoms with Crippen LogP contribution in [0.2, 0.25) is 0 Å². The van der Waals surface area contributed by atoms with E-state index in [0.29, 0.717) is 5.56 Å². The number of anilines is 2. The highest BCUT2D eigenvalue weighted by molar-refractivity contribution is 9.10. The molecule has 17 heavy (non-hydrogen) atoms. The van der Waals surface area contributed by atoms with Crippen molar-refractivity contribution in [2.24, 2.45) is 0 Å². The molecule has 0 bridgehead atoms. The quantitative estimate of drug-likeness (QED) is 0.900. The van der Waals surface area contributed by atoms with Crippen LogP contribution >= 0.6 is 15.9 Å². The Labute approximate surface area is 107 Å². The van der Waals surface area contributed by atoms with E-state index in [0.717, 1.165) is 15.8 Å². The van der Waals surface area contributed by atoms with Crippen LogP contribution in [0.5, 0.6) is 0 Å². The molecule has 0 radical (unpaired) electrons. The van der Waals surface area contributed by atoms with Crippen molar-refractivity contribution in [1.82, 2.24) is 0 Å². The van der Waals surface area contributed by atoms with Gasteiger partial charge in [-0.25, -0.2) is 4.39 Å². The second kappa shape index (κ2) is 4.98. The Morgan fingerprint density at radius 3 is 2.41 bits per heavy atom. The lowest BCUT2D eigenvalue weighted by Crippen LogP contribution is -1.91.